The standard InChI is InChI=1S/C22H23N3O/c1-14(2)20-9-6-10-25(20)22(26)18-8-5-7-17(12-18)21-19(13-23)15(3)11-16(4)24-21/h5-9,11-12,14,20H,10H2,1-4H3. The zero-order chi connectivity index (χ0) is 18.8. The Morgan fingerprint density at radius 3 is 2.77 bits per heavy atom. The fourth-order valence-electron chi connectivity index (χ4n) is 3.49. The number of aromatic nitrogens is 1. The van der Waals surface area contributed by atoms with Gasteiger partial charge >= 0.3 is 0 Å². The normalized spacial score (nSPS) is 16.2. The van der Waals surface area contributed by atoms with Crippen molar-refractivity contribution in [3.05, 3.63) is 64.9 Å². The van der Waals surface area contributed by atoms with E-state index in [4.69, 9.17) is 0 Å². The highest BCUT2D eigenvalue weighted by Crippen LogP contribution is 2.27. The van der Waals surface area contributed by atoms with Crippen LogP contribution in [0.15, 0.2) is 42.5 Å². The molecule has 0 radical (unpaired) electrons. The number of rotatable bonds is 3. The average Bonchev–Trinajstić information content (AvgIpc) is 3.10. The summed E-state index contributed by atoms with van der Waals surface area (Å²) in [6.45, 7) is 8.70. The molecule has 0 saturated heterocycles. The smallest absolute Gasteiger partial charge is 0.254 e. The van der Waals surface area contributed by atoms with Crippen molar-refractivity contribution in [1.29, 1.82) is 5.26 Å². The molecule has 1 aliphatic rings. The second-order valence-electron chi connectivity index (χ2n) is 7.12. The van der Waals surface area contributed by atoms with Gasteiger partial charge in [0.2, 0.25) is 0 Å². The molecule has 0 N–H and O–H groups in total. The number of nitriles is 1. The van der Waals surface area contributed by atoms with Crippen molar-refractivity contribution < 1.29 is 4.79 Å². The van der Waals surface area contributed by atoms with Crippen LogP contribution in [0.3, 0.4) is 0 Å². The molecule has 3 rings (SSSR count). The van der Waals surface area contributed by atoms with Crippen molar-refractivity contribution in [2.24, 2.45) is 5.92 Å². The molecule has 1 aromatic carbocycles. The molecule has 1 unspecified atom stereocenters. The predicted octanol–water partition coefficient (Wildman–Crippen LogP) is 4.27. The van der Waals surface area contributed by atoms with E-state index < -0.39 is 0 Å². The second-order valence-corrected chi connectivity index (χ2v) is 7.12. The summed E-state index contributed by atoms with van der Waals surface area (Å²) in [5.41, 5.74) is 4.38. The molecule has 0 spiro atoms. The summed E-state index contributed by atoms with van der Waals surface area (Å²) in [6.07, 6.45) is 4.15. The molecule has 0 aliphatic carbocycles. The van der Waals surface area contributed by atoms with Crippen molar-refractivity contribution in [3.63, 3.8) is 0 Å². The average molecular weight is 345 g/mol. The van der Waals surface area contributed by atoms with E-state index in [9.17, 15) is 10.1 Å². The maximum Gasteiger partial charge on any atom is 0.254 e. The van der Waals surface area contributed by atoms with Gasteiger partial charge in [-0.15, -0.1) is 0 Å². The van der Waals surface area contributed by atoms with Gasteiger partial charge in [0.1, 0.15) is 6.07 Å². The maximum absolute atomic E-state index is 13.0. The molecule has 0 saturated carbocycles. The first-order chi connectivity index (χ1) is 12.4. The number of hydrogen-bond acceptors (Lipinski definition) is 3. The van der Waals surface area contributed by atoms with Crippen LogP contribution in [0.25, 0.3) is 11.3 Å². The largest absolute Gasteiger partial charge is 0.328 e. The number of carbonyl (C=O) groups is 1. The molecular formula is C22H23N3O. The lowest BCUT2D eigenvalue weighted by molar-refractivity contribution is 0.0720. The van der Waals surface area contributed by atoms with E-state index in [1.54, 1.807) is 0 Å². The highest BCUT2D eigenvalue weighted by molar-refractivity contribution is 5.96. The van der Waals surface area contributed by atoms with E-state index in [-0.39, 0.29) is 11.9 Å². The third-order valence-corrected chi connectivity index (χ3v) is 4.78. The molecule has 132 valence electrons. The second kappa shape index (κ2) is 7.13. The van der Waals surface area contributed by atoms with Crippen LogP contribution in [0.5, 0.6) is 0 Å². The summed E-state index contributed by atoms with van der Waals surface area (Å²) in [5, 5.41) is 9.52. The minimum atomic E-state index is 0.0124. The number of amides is 1. The van der Waals surface area contributed by atoms with Gasteiger partial charge in [-0.3, -0.25) is 9.78 Å². The van der Waals surface area contributed by atoms with Gasteiger partial charge in [0.25, 0.3) is 5.91 Å². The number of pyridine rings is 1. The van der Waals surface area contributed by atoms with Crippen molar-refractivity contribution in [2.45, 2.75) is 33.7 Å². The van der Waals surface area contributed by atoms with Crippen molar-refractivity contribution in [3.8, 4) is 17.3 Å². The van der Waals surface area contributed by atoms with E-state index in [2.05, 4.69) is 31.0 Å². The summed E-state index contributed by atoms with van der Waals surface area (Å²) in [4.78, 5) is 19.5. The molecule has 1 amide bonds. The first-order valence-corrected chi connectivity index (χ1v) is 8.88. The lowest BCUT2D eigenvalue weighted by Gasteiger charge is -2.27. The molecule has 4 heteroatoms. The zero-order valence-corrected chi connectivity index (χ0v) is 15.7. The maximum atomic E-state index is 13.0. The van der Waals surface area contributed by atoms with Crippen LogP contribution in [-0.4, -0.2) is 28.4 Å². The fraction of sp³-hybridized carbons (Fsp3) is 0.318. The molecule has 1 aromatic heterocycles. The molecule has 26 heavy (non-hydrogen) atoms. The predicted molar refractivity (Wildman–Crippen MR) is 103 cm³/mol. The van der Waals surface area contributed by atoms with Gasteiger partial charge < -0.3 is 4.90 Å². The number of nitrogens with zero attached hydrogens (tertiary/aromatic N) is 3. The number of benzene rings is 1. The van der Waals surface area contributed by atoms with E-state index in [1.807, 2.05) is 55.2 Å². The van der Waals surface area contributed by atoms with Crippen LogP contribution < -0.4 is 0 Å². The van der Waals surface area contributed by atoms with Crippen molar-refractivity contribution in [1.82, 2.24) is 9.88 Å². The van der Waals surface area contributed by atoms with Gasteiger partial charge in [0.15, 0.2) is 0 Å². The zero-order valence-electron chi connectivity index (χ0n) is 15.7. The van der Waals surface area contributed by atoms with E-state index in [0.717, 1.165) is 16.8 Å². The highest BCUT2D eigenvalue weighted by Gasteiger charge is 2.28. The quantitative estimate of drug-likeness (QED) is 0.781. The summed E-state index contributed by atoms with van der Waals surface area (Å²) >= 11 is 0. The topological polar surface area (TPSA) is 57.0 Å². The third kappa shape index (κ3) is 3.25. The number of hydrogen-bond donors (Lipinski definition) is 0. The van der Waals surface area contributed by atoms with Crippen LogP contribution in [-0.2, 0) is 0 Å². The lowest BCUT2D eigenvalue weighted by atomic mass is 9.99. The number of aryl methyl sites for hydroxylation is 2. The first kappa shape index (κ1) is 17.9. The van der Waals surface area contributed by atoms with Crippen molar-refractivity contribution in [2.75, 3.05) is 6.54 Å². The lowest BCUT2D eigenvalue weighted by Crippen LogP contribution is -2.39. The number of carbonyl (C=O) groups excluding carboxylic acids is 1. The Morgan fingerprint density at radius 1 is 1.31 bits per heavy atom. The van der Waals surface area contributed by atoms with Crippen molar-refractivity contribution >= 4 is 5.91 Å². The summed E-state index contributed by atoms with van der Waals surface area (Å²) in [7, 11) is 0. The minimum absolute atomic E-state index is 0.0124. The molecular weight excluding hydrogens is 322 g/mol. The fourth-order valence-corrected chi connectivity index (χ4v) is 3.49. The summed E-state index contributed by atoms with van der Waals surface area (Å²) < 4.78 is 0. The summed E-state index contributed by atoms with van der Waals surface area (Å²) in [5.74, 6) is 0.380. The molecule has 0 fully saturated rings. The summed E-state index contributed by atoms with van der Waals surface area (Å²) in [6, 6.07) is 11.7. The molecule has 0 bridgehead atoms. The van der Waals surface area contributed by atoms with E-state index in [1.165, 1.54) is 0 Å². The van der Waals surface area contributed by atoms with Crippen LogP contribution in [0.2, 0.25) is 0 Å². The van der Waals surface area contributed by atoms with Gasteiger partial charge in [-0.25, -0.2) is 0 Å². The SMILES string of the molecule is Cc1cc(C)c(C#N)c(-c2cccc(C(=O)N3CC=CC3C(C)C)c2)n1. The van der Waals surface area contributed by atoms with Crippen LogP contribution in [0.1, 0.15) is 41.0 Å². The highest BCUT2D eigenvalue weighted by atomic mass is 16.2. The van der Waals surface area contributed by atoms with Crippen LogP contribution >= 0.6 is 0 Å². The van der Waals surface area contributed by atoms with Gasteiger partial charge in [-0.05, 0) is 43.5 Å². The third-order valence-electron chi connectivity index (χ3n) is 4.78. The Morgan fingerprint density at radius 2 is 2.08 bits per heavy atom. The van der Waals surface area contributed by atoms with Crippen LogP contribution in [0, 0.1) is 31.1 Å². The molecule has 4 nitrogen and oxygen atoms in total. The molecule has 1 atom stereocenters. The Bertz CT molecular complexity index is 921. The van der Waals surface area contributed by atoms with Gasteiger partial charge in [-0.2, -0.15) is 5.26 Å². The molecule has 2 aromatic rings. The van der Waals surface area contributed by atoms with Gasteiger partial charge in [-0.1, -0.05) is 38.1 Å². The first-order valence-electron chi connectivity index (χ1n) is 8.88. The molecule has 2 heterocycles. The van der Waals surface area contributed by atoms with Gasteiger partial charge in [0.05, 0.1) is 17.3 Å². The Hall–Kier alpha value is -2.93. The van der Waals surface area contributed by atoms with E-state index in [0.29, 0.717) is 29.3 Å². The van der Waals surface area contributed by atoms with Gasteiger partial charge in [0, 0.05) is 23.4 Å². The Kier molecular flexibility index (Phi) is 4.90. The monoisotopic (exact) mass is 345 g/mol. The Labute approximate surface area is 154 Å². The van der Waals surface area contributed by atoms with Crippen LogP contribution in [0.4, 0.5) is 0 Å². The molecule has 1 aliphatic heterocycles. The minimum Gasteiger partial charge on any atom is -0.328 e. The van der Waals surface area contributed by atoms with E-state index >= 15 is 0 Å². The Balaban J connectivity index is 2.00.